The summed E-state index contributed by atoms with van der Waals surface area (Å²) in [6.45, 7) is 2.33. The van der Waals surface area contributed by atoms with E-state index in [2.05, 4.69) is 0 Å². The lowest BCUT2D eigenvalue weighted by Gasteiger charge is -2.14. The molecule has 1 aromatic rings. The summed E-state index contributed by atoms with van der Waals surface area (Å²) in [5, 5.41) is 18.3. The average molecular weight is 226 g/mol. The van der Waals surface area contributed by atoms with Crippen molar-refractivity contribution in [3.05, 3.63) is 12.1 Å². The lowest BCUT2D eigenvalue weighted by atomic mass is 9.79. The first kappa shape index (κ1) is 12.7. The van der Waals surface area contributed by atoms with Crippen molar-refractivity contribution in [1.82, 2.24) is 0 Å². The van der Waals surface area contributed by atoms with Gasteiger partial charge in [0.2, 0.25) is 0 Å². The highest BCUT2D eigenvalue weighted by Crippen LogP contribution is 2.30. The van der Waals surface area contributed by atoms with Gasteiger partial charge in [-0.15, -0.1) is 0 Å². The van der Waals surface area contributed by atoms with Crippen molar-refractivity contribution in [1.29, 1.82) is 0 Å². The summed E-state index contributed by atoms with van der Waals surface area (Å²) in [5.41, 5.74) is 0.239. The van der Waals surface area contributed by atoms with Crippen molar-refractivity contribution in [3.8, 4) is 17.2 Å². The summed E-state index contributed by atoms with van der Waals surface area (Å²) in [6.07, 6.45) is 0. The number of hydrogen-bond acceptors (Lipinski definition) is 5. The van der Waals surface area contributed by atoms with Crippen LogP contribution in [0.3, 0.4) is 0 Å². The molecule has 0 amide bonds. The number of ether oxygens (including phenoxy) is 3. The lowest BCUT2D eigenvalue weighted by Crippen LogP contribution is -2.31. The van der Waals surface area contributed by atoms with E-state index in [1.165, 1.54) is 20.3 Å². The van der Waals surface area contributed by atoms with Gasteiger partial charge < -0.3 is 24.3 Å². The van der Waals surface area contributed by atoms with Crippen molar-refractivity contribution in [3.63, 3.8) is 0 Å². The van der Waals surface area contributed by atoms with Gasteiger partial charge in [0.1, 0.15) is 5.75 Å². The van der Waals surface area contributed by atoms with Gasteiger partial charge in [-0.1, -0.05) is 0 Å². The Morgan fingerprint density at radius 3 is 2.12 bits per heavy atom. The minimum Gasteiger partial charge on any atom is -0.497 e. The van der Waals surface area contributed by atoms with Gasteiger partial charge in [-0.3, -0.25) is 0 Å². The van der Waals surface area contributed by atoms with Crippen LogP contribution >= 0.6 is 0 Å². The molecule has 0 fully saturated rings. The van der Waals surface area contributed by atoms with Crippen molar-refractivity contribution in [2.75, 3.05) is 20.8 Å². The van der Waals surface area contributed by atoms with Crippen LogP contribution in [-0.2, 0) is 0 Å². The molecule has 0 aliphatic rings. The van der Waals surface area contributed by atoms with Crippen LogP contribution < -0.4 is 19.7 Å². The Bertz CT molecular complexity index is 353. The zero-order chi connectivity index (χ0) is 12.1. The Kier molecular flexibility index (Phi) is 4.45. The van der Waals surface area contributed by atoms with Crippen LogP contribution in [0.2, 0.25) is 0 Å². The molecule has 5 nitrogen and oxygen atoms in total. The molecule has 16 heavy (non-hydrogen) atoms. The topological polar surface area (TPSA) is 68.2 Å². The van der Waals surface area contributed by atoms with Crippen LogP contribution in [0.1, 0.15) is 6.92 Å². The highest BCUT2D eigenvalue weighted by Gasteiger charge is 2.20. The van der Waals surface area contributed by atoms with Crippen molar-refractivity contribution < 1.29 is 24.3 Å². The molecule has 0 saturated heterocycles. The molecule has 0 radical (unpaired) electrons. The Hall–Kier alpha value is -1.40. The van der Waals surface area contributed by atoms with Crippen LogP contribution in [0.5, 0.6) is 17.2 Å². The third-order valence-corrected chi connectivity index (χ3v) is 2.09. The van der Waals surface area contributed by atoms with E-state index in [-0.39, 0.29) is 5.46 Å². The molecule has 0 aliphatic heterocycles. The van der Waals surface area contributed by atoms with Gasteiger partial charge >= 0.3 is 7.12 Å². The third-order valence-electron chi connectivity index (χ3n) is 2.09. The van der Waals surface area contributed by atoms with Gasteiger partial charge in [0.15, 0.2) is 11.5 Å². The van der Waals surface area contributed by atoms with Crippen LogP contribution in [0.25, 0.3) is 0 Å². The molecular weight excluding hydrogens is 211 g/mol. The van der Waals surface area contributed by atoms with E-state index in [0.29, 0.717) is 23.9 Å². The Morgan fingerprint density at radius 2 is 1.69 bits per heavy atom. The number of hydrogen-bond donors (Lipinski definition) is 2. The molecule has 0 bridgehead atoms. The number of methoxy groups -OCH3 is 2. The largest absolute Gasteiger partial charge is 0.497 e. The van der Waals surface area contributed by atoms with E-state index < -0.39 is 7.12 Å². The smallest absolute Gasteiger partial charge is 0.492 e. The first-order chi connectivity index (χ1) is 7.63. The van der Waals surface area contributed by atoms with E-state index in [0.717, 1.165) is 0 Å². The van der Waals surface area contributed by atoms with Gasteiger partial charge in [0.05, 0.1) is 20.8 Å². The summed E-state index contributed by atoms with van der Waals surface area (Å²) in [4.78, 5) is 0. The zero-order valence-corrected chi connectivity index (χ0v) is 9.56. The molecule has 0 unspecified atom stereocenters. The lowest BCUT2D eigenvalue weighted by molar-refractivity contribution is 0.308. The maximum atomic E-state index is 9.16. The third kappa shape index (κ3) is 2.59. The normalized spacial score (nSPS) is 9.81. The van der Waals surface area contributed by atoms with Crippen molar-refractivity contribution in [2.24, 2.45) is 0 Å². The first-order valence-corrected chi connectivity index (χ1v) is 4.88. The van der Waals surface area contributed by atoms with E-state index in [4.69, 9.17) is 24.3 Å². The predicted octanol–water partition coefficient (Wildman–Crippen LogP) is -0.218. The molecule has 0 aromatic heterocycles. The molecule has 0 heterocycles. The summed E-state index contributed by atoms with van der Waals surface area (Å²) in [7, 11) is 1.32. The van der Waals surface area contributed by atoms with Gasteiger partial charge in [0, 0.05) is 11.5 Å². The van der Waals surface area contributed by atoms with Gasteiger partial charge in [0.25, 0.3) is 0 Å². The molecule has 2 N–H and O–H groups in total. The standard InChI is InChI=1S/C10H15BO5/c1-4-16-10-6-8(14-2)7(11(12)13)5-9(10)15-3/h5-6,12-13H,4H2,1-3H3. The molecule has 1 rings (SSSR count). The monoisotopic (exact) mass is 226 g/mol. The summed E-state index contributed by atoms with van der Waals surface area (Å²) >= 11 is 0. The van der Waals surface area contributed by atoms with Crippen LogP contribution in [-0.4, -0.2) is 38.0 Å². The average Bonchev–Trinajstić information content (AvgIpc) is 2.28. The minimum atomic E-state index is -1.61. The highest BCUT2D eigenvalue weighted by molar-refractivity contribution is 6.59. The highest BCUT2D eigenvalue weighted by atomic mass is 16.5. The van der Waals surface area contributed by atoms with Crippen molar-refractivity contribution >= 4 is 12.6 Å². The van der Waals surface area contributed by atoms with Gasteiger partial charge in [-0.25, -0.2) is 0 Å². The van der Waals surface area contributed by atoms with E-state index in [9.17, 15) is 0 Å². The zero-order valence-electron chi connectivity index (χ0n) is 9.56. The second kappa shape index (κ2) is 5.62. The first-order valence-electron chi connectivity index (χ1n) is 4.88. The SMILES string of the molecule is CCOc1cc(OC)c(B(O)O)cc1OC. The van der Waals surface area contributed by atoms with Crippen LogP contribution in [0, 0.1) is 0 Å². The summed E-state index contributed by atoms with van der Waals surface area (Å²) in [6, 6.07) is 3.05. The predicted molar refractivity (Wildman–Crippen MR) is 60.5 cm³/mol. The maximum absolute atomic E-state index is 9.16. The minimum absolute atomic E-state index is 0.239. The van der Waals surface area contributed by atoms with E-state index in [1.54, 1.807) is 6.07 Å². The van der Waals surface area contributed by atoms with Gasteiger partial charge in [-0.2, -0.15) is 0 Å². The second-order valence-corrected chi connectivity index (χ2v) is 3.05. The molecule has 0 spiro atoms. The van der Waals surface area contributed by atoms with Crippen LogP contribution in [0.15, 0.2) is 12.1 Å². The van der Waals surface area contributed by atoms with Gasteiger partial charge in [-0.05, 0) is 13.0 Å². The molecule has 6 heteroatoms. The Morgan fingerprint density at radius 1 is 1.06 bits per heavy atom. The molecule has 0 saturated carbocycles. The fourth-order valence-corrected chi connectivity index (χ4v) is 1.36. The number of benzene rings is 1. The van der Waals surface area contributed by atoms with E-state index >= 15 is 0 Å². The molecule has 0 aliphatic carbocycles. The fourth-order valence-electron chi connectivity index (χ4n) is 1.36. The number of rotatable bonds is 5. The summed E-state index contributed by atoms with van der Waals surface area (Å²) < 4.78 is 15.5. The molecule has 1 aromatic carbocycles. The fraction of sp³-hybridized carbons (Fsp3) is 0.400. The molecule has 88 valence electrons. The maximum Gasteiger partial charge on any atom is 0.492 e. The second-order valence-electron chi connectivity index (χ2n) is 3.05. The Labute approximate surface area is 94.7 Å². The van der Waals surface area contributed by atoms with E-state index in [1.807, 2.05) is 6.92 Å². The molecule has 0 atom stereocenters. The van der Waals surface area contributed by atoms with Crippen molar-refractivity contribution in [2.45, 2.75) is 6.92 Å². The quantitative estimate of drug-likeness (QED) is 0.679. The summed E-state index contributed by atoms with van der Waals surface area (Å²) in [5.74, 6) is 1.29. The van der Waals surface area contributed by atoms with Crippen LogP contribution in [0.4, 0.5) is 0 Å². The Balaban J connectivity index is 3.22. The molecular formula is C10H15BO5.